The fraction of sp³-hybridized carbons (Fsp3) is 0. The maximum absolute atomic E-state index is 12.8. The van der Waals surface area contributed by atoms with Gasteiger partial charge in [0.05, 0.1) is 11.3 Å². The molecule has 0 bridgehead atoms. The average Bonchev–Trinajstić information content (AvgIpc) is 2.62. The summed E-state index contributed by atoms with van der Waals surface area (Å²) < 4.78 is 0. The van der Waals surface area contributed by atoms with E-state index in [-0.39, 0.29) is 22.3 Å². The lowest BCUT2D eigenvalue weighted by Gasteiger charge is -2.17. The van der Waals surface area contributed by atoms with Gasteiger partial charge in [-0.15, -0.1) is 0 Å². The van der Waals surface area contributed by atoms with Gasteiger partial charge < -0.3 is 10.3 Å². The number of fused-ring (bicyclic) bond motifs is 2. The van der Waals surface area contributed by atoms with Gasteiger partial charge in [-0.1, -0.05) is 23.2 Å². The molecule has 4 rings (SSSR count). The lowest BCUT2D eigenvalue weighted by Crippen LogP contribution is -2.29. The molecular weight excluding hydrogens is 375 g/mol. The van der Waals surface area contributed by atoms with E-state index in [1.54, 1.807) is 36.4 Å². The zero-order valence-corrected chi connectivity index (χ0v) is 14.6. The van der Waals surface area contributed by atoms with E-state index in [2.05, 4.69) is 10.3 Å². The molecule has 7 heteroatoms. The van der Waals surface area contributed by atoms with Crippen LogP contribution in [0.2, 0.25) is 10.0 Å². The number of hydrogen-bond donors (Lipinski definition) is 2. The average molecular weight is 385 g/mol. The van der Waals surface area contributed by atoms with Gasteiger partial charge in [0.15, 0.2) is 0 Å². The summed E-state index contributed by atoms with van der Waals surface area (Å²) in [4.78, 5) is 41.0. The van der Waals surface area contributed by atoms with Gasteiger partial charge in [-0.3, -0.25) is 14.4 Å². The van der Waals surface area contributed by atoms with Crippen LogP contribution in [0.4, 0.5) is 5.69 Å². The molecule has 1 aromatic heterocycles. The molecule has 2 N–H and O–H groups in total. The van der Waals surface area contributed by atoms with Gasteiger partial charge in [0.2, 0.25) is 17.0 Å². The van der Waals surface area contributed by atoms with Crippen molar-refractivity contribution in [3.8, 4) is 0 Å². The number of pyridine rings is 1. The van der Waals surface area contributed by atoms with Gasteiger partial charge in [-0.25, -0.2) is 0 Å². The minimum atomic E-state index is -0.558. The first kappa shape index (κ1) is 16.6. The first-order valence-electron chi connectivity index (χ1n) is 7.63. The van der Waals surface area contributed by atoms with Crippen LogP contribution in [0.5, 0.6) is 0 Å². The van der Waals surface area contributed by atoms with Gasteiger partial charge >= 0.3 is 0 Å². The Morgan fingerprint density at radius 1 is 0.885 bits per heavy atom. The predicted molar refractivity (Wildman–Crippen MR) is 101 cm³/mol. The number of nitrogens with one attached hydrogen (secondary N) is 2. The summed E-state index contributed by atoms with van der Waals surface area (Å²) in [7, 11) is 0. The summed E-state index contributed by atoms with van der Waals surface area (Å²) in [6.45, 7) is 0. The monoisotopic (exact) mass is 384 g/mol. The highest BCUT2D eigenvalue weighted by Gasteiger charge is 2.30. The third kappa shape index (κ3) is 2.71. The number of hydrogen-bond acceptors (Lipinski definition) is 4. The number of anilines is 1. The molecule has 128 valence electrons. The molecule has 0 saturated carbocycles. The number of allylic oxidation sites excluding steroid dienone is 2. The zero-order chi connectivity index (χ0) is 18.4. The molecule has 0 unspecified atom stereocenters. The van der Waals surface area contributed by atoms with E-state index >= 15 is 0 Å². The minimum absolute atomic E-state index is 0.0171. The number of carbonyl (C=O) groups excluding carboxylic acids is 2. The highest BCUT2D eigenvalue weighted by molar-refractivity contribution is 6.31. The summed E-state index contributed by atoms with van der Waals surface area (Å²) >= 11 is 11.8. The van der Waals surface area contributed by atoms with Crippen molar-refractivity contribution < 1.29 is 9.59 Å². The van der Waals surface area contributed by atoms with Crippen LogP contribution in [0.3, 0.4) is 0 Å². The van der Waals surface area contributed by atoms with Crippen LogP contribution in [0.25, 0.3) is 10.9 Å². The largest absolute Gasteiger partial charge is 0.352 e. The fourth-order valence-corrected chi connectivity index (χ4v) is 3.14. The second kappa shape index (κ2) is 6.12. The Morgan fingerprint density at radius 2 is 1.58 bits per heavy atom. The van der Waals surface area contributed by atoms with Crippen LogP contribution in [0.1, 0.15) is 20.8 Å². The van der Waals surface area contributed by atoms with E-state index < -0.39 is 17.0 Å². The fourth-order valence-electron chi connectivity index (χ4n) is 2.85. The van der Waals surface area contributed by atoms with Crippen molar-refractivity contribution in [2.45, 2.75) is 0 Å². The van der Waals surface area contributed by atoms with Crippen LogP contribution in [0, 0.1) is 0 Å². The van der Waals surface area contributed by atoms with E-state index in [0.717, 1.165) is 0 Å². The summed E-state index contributed by atoms with van der Waals surface area (Å²) in [5.41, 5.74) is 0.308. The number of aromatic nitrogens is 1. The Morgan fingerprint density at radius 3 is 2.31 bits per heavy atom. The lowest BCUT2D eigenvalue weighted by atomic mass is 9.94. The van der Waals surface area contributed by atoms with Crippen molar-refractivity contribution in [3.63, 3.8) is 0 Å². The van der Waals surface area contributed by atoms with Crippen LogP contribution in [-0.4, -0.2) is 16.6 Å². The third-order valence-electron chi connectivity index (χ3n) is 4.08. The zero-order valence-electron chi connectivity index (χ0n) is 13.1. The third-order valence-corrected chi connectivity index (χ3v) is 4.57. The smallest absolute Gasteiger partial charge is 0.215 e. The number of rotatable bonds is 2. The number of Topliss-reactive ketones (excluding diaryl/α,β-unsaturated/α-hetero) is 1. The van der Waals surface area contributed by atoms with Crippen molar-refractivity contribution in [2.75, 3.05) is 5.32 Å². The van der Waals surface area contributed by atoms with E-state index in [1.165, 1.54) is 12.1 Å². The van der Waals surface area contributed by atoms with Crippen molar-refractivity contribution in [1.82, 2.24) is 4.98 Å². The Hall–Kier alpha value is -2.89. The molecular formula is C19H10Cl2N2O3. The highest BCUT2D eigenvalue weighted by atomic mass is 35.5. The van der Waals surface area contributed by atoms with Gasteiger partial charge in [0, 0.05) is 32.7 Å². The number of H-pyrrole nitrogens is 1. The Kier molecular flexibility index (Phi) is 3.90. The molecule has 0 atom stereocenters. The quantitative estimate of drug-likeness (QED) is 0.693. The van der Waals surface area contributed by atoms with Crippen LogP contribution in [-0.2, 0) is 0 Å². The summed E-state index contributed by atoms with van der Waals surface area (Å²) in [5, 5.41) is 4.03. The molecule has 26 heavy (non-hydrogen) atoms. The lowest BCUT2D eigenvalue weighted by molar-refractivity contribution is 0.0981. The van der Waals surface area contributed by atoms with E-state index in [9.17, 15) is 14.4 Å². The Bertz CT molecular complexity index is 1180. The number of benzene rings is 2. The number of ketones is 2. The van der Waals surface area contributed by atoms with Crippen LogP contribution >= 0.6 is 23.2 Å². The van der Waals surface area contributed by atoms with Crippen LogP contribution < -0.4 is 10.7 Å². The standard InChI is InChI=1S/C19H10Cl2N2O3/c20-9-1-4-11(5-2-9)22-14-8-15(24)17-16(19(14)26)18(25)12-7-10(21)3-6-13(12)23-17/h1-8,22H,(H,23,25). The van der Waals surface area contributed by atoms with E-state index in [1.807, 2.05) is 0 Å². The molecule has 0 spiro atoms. The van der Waals surface area contributed by atoms with Gasteiger partial charge in [-0.05, 0) is 42.5 Å². The number of aromatic amines is 1. The Labute approximate surface area is 157 Å². The second-order valence-corrected chi connectivity index (χ2v) is 6.65. The minimum Gasteiger partial charge on any atom is -0.352 e. The maximum Gasteiger partial charge on any atom is 0.215 e. The molecule has 2 aromatic carbocycles. The number of carbonyl (C=O) groups is 2. The first-order chi connectivity index (χ1) is 12.4. The molecule has 0 saturated heterocycles. The van der Waals surface area contributed by atoms with Crippen molar-refractivity contribution in [3.05, 3.63) is 85.8 Å². The molecule has 0 radical (unpaired) electrons. The SMILES string of the molecule is O=C1C=C(Nc2ccc(Cl)cc2)C(=O)c2c1[nH]c1ccc(Cl)cc1c2=O. The van der Waals surface area contributed by atoms with Crippen molar-refractivity contribution in [2.24, 2.45) is 0 Å². The molecule has 1 aliphatic rings. The van der Waals surface area contributed by atoms with Crippen molar-refractivity contribution in [1.29, 1.82) is 0 Å². The van der Waals surface area contributed by atoms with Crippen molar-refractivity contribution >= 4 is 51.4 Å². The second-order valence-electron chi connectivity index (χ2n) is 5.78. The maximum atomic E-state index is 12.8. The normalized spacial score (nSPS) is 13.5. The summed E-state index contributed by atoms with van der Waals surface area (Å²) in [6, 6.07) is 11.3. The molecule has 1 aliphatic carbocycles. The summed E-state index contributed by atoms with van der Waals surface area (Å²) in [5.74, 6) is -1.01. The molecule has 0 aliphatic heterocycles. The van der Waals surface area contributed by atoms with E-state index in [0.29, 0.717) is 21.2 Å². The van der Waals surface area contributed by atoms with Crippen LogP contribution in [0.15, 0.2) is 59.0 Å². The van der Waals surface area contributed by atoms with Gasteiger partial charge in [-0.2, -0.15) is 0 Å². The molecule has 1 heterocycles. The molecule has 5 nitrogen and oxygen atoms in total. The molecule has 0 amide bonds. The molecule has 0 fully saturated rings. The summed E-state index contributed by atoms with van der Waals surface area (Å²) in [6.07, 6.45) is 1.18. The number of halogens is 2. The molecule has 3 aromatic rings. The topological polar surface area (TPSA) is 79.0 Å². The highest BCUT2D eigenvalue weighted by Crippen LogP contribution is 2.24. The Balaban J connectivity index is 1.84. The van der Waals surface area contributed by atoms with Gasteiger partial charge in [0.25, 0.3) is 0 Å². The first-order valence-corrected chi connectivity index (χ1v) is 8.38. The van der Waals surface area contributed by atoms with E-state index in [4.69, 9.17) is 23.2 Å². The predicted octanol–water partition coefficient (Wildman–Crippen LogP) is 4.21. The van der Waals surface area contributed by atoms with Gasteiger partial charge in [0.1, 0.15) is 5.69 Å².